The Labute approximate surface area is 94.9 Å². The number of benzene rings is 1. The maximum Gasteiger partial charge on any atom is 0.329 e. The van der Waals surface area contributed by atoms with Crippen LogP contribution in [0.5, 0.6) is 0 Å². The number of nitrogens with zero attached hydrogens (tertiary/aromatic N) is 1. The zero-order valence-corrected chi connectivity index (χ0v) is 9.22. The van der Waals surface area contributed by atoms with Gasteiger partial charge in [-0.2, -0.15) is 0 Å². The van der Waals surface area contributed by atoms with Crippen LogP contribution in [0.25, 0.3) is 16.4 Å². The maximum absolute atomic E-state index is 10.4. The van der Waals surface area contributed by atoms with E-state index in [9.17, 15) is 4.79 Å². The summed E-state index contributed by atoms with van der Waals surface area (Å²) in [5.74, 6) is -0.979. The lowest BCUT2D eigenvalue weighted by molar-refractivity contribution is -0.131. The van der Waals surface area contributed by atoms with Crippen LogP contribution in [-0.2, 0) is 4.79 Å². The normalized spacial score (nSPS) is 11.2. The van der Waals surface area contributed by atoms with Gasteiger partial charge in [0.2, 0.25) is 0 Å². The van der Waals surface area contributed by atoms with Crippen LogP contribution in [-0.4, -0.2) is 15.6 Å². The van der Waals surface area contributed by atoms with Gasteiger partial charge in [-0.1, -0.05) is 12.1 Å². The molecule has 0 bridgehead atoms. The van der Waals surface area contributed by atoms with Gasteiger partial charge in [-0.25, -0.2) is 4.79 Å². The van der Waals surface area contributed by atoms with E-state index in [-0.39, 0.29) is 0 Å². The number of para-hydroxylation sites is 1. The van der Waals surface area contributed by atoms with Crippen molar-refractivity contribution in [3.05, 3.63) is 34.3 Å². The minimum Gasteiger partial charge on any atom is -0.478 e. The number of carboxylic acids is 1. The van der Waals surface area contributed by atoms with E-state index >= 15 is 0 Å². The number of carbonyl (C=O) groups is 1. The molecule has 0 atom stereocenters. The third kappa shape index (κ3) is 1.98. The molecule has 0 fully saturated rings. The van der Waals surface area contributed by atoms with Gasteiger partial charge in [-0.05, 0) is 24.4 Å². The topological polar surface area (TPSA) is 42.2 Å². The molecule has 0 unspecified atom stereocenters. The Morgan fingerprint density at radius 3 is 2.93 bits per heavy atom. The lowest BCUT2D eigenvalue weighted by Gasteiger charge is -1.94. The highest BCUT2D eigenvalue weighted by molar-refractivity contribution is 7.73. The van der Waals surface area contributed by atoms with Crippen molar-refractivity contribution >= 4 is 45.9 Å². The first kappa shape index (κ1) is 10.1. The van der Waals surface area contributed by atoms with Crippen LogP contribution in [0.4, 0.5) is 0 Å². The van der Waals surface area contributed by atoms with Crippen molar-refractivity contribution in [3.8, 4) is 0 Å². The summed E-state index contributed by atoms with van der Waals surface area (Å²) in [4.78, 5) is 10.4. The molecule has 0 saturated heterocycles. The van der Waals surface area contributed by atoms with Crippen molar-refractivity contribution in [1.82, 2.24) is 4.57 Å². The van der Waals surface area contributed by atoms with E-state index in [0.717, 1.165) is 16.3 Å². The molecule has 0 radical (unpaired) electrons. The van der Waals surface area contributed by atoms with Gasteiger partial charge in [0.25, 0.3) is 0 Å². The van der Waals surface area contributed by atoms with Crippen LogP contribution < -0.4 is 0 Å². The molecule has 1 N–H and O–H groups in total. The summed E-state index contributed by atoms with van der Waals surface area (Å²) < 4.78 is 3.40. The minimum absolute atomic E-state index is 0.647. The maximum atomic E-state index is 10.4. The lowest BCUT2D eigenvalue weighted by Crippen LogP contribution is -1.90. The first-order valence-electron chi connectivity index (χ1n) is 4.19. The Bertz CT molecular complexity index is 595. The van der Waals surface area contributed by atoms with E-state index in [1.165, 1.54) is 17.5 Å². The van der Waals surface area contributed by atoms with E-state index < -0.39 is 5.97 Å². The Balaban J connectivity index is 2.64. The van der Waals surface area contributed by atoms with Crippen molar-refractivity contribution < 1.29 is 9.90 Å². The summed E-state index contributed by atoms with van der Waals surface area (Å²) in [5.41, 5.74) is 0.935. The zero-order chi connectivity index (χ0) is 10.8. The van der Waals surface area contributed by atoms with Gasteiger partial charge in [0, 0.05) is 12.3 Å². The molecule has 15 heavy (non-hydrogen) atoms. The molecular weight excluding hydrogens is 230 g/mol. The summed E-state index contributed by atoms with van der Waals surface area (Å²) in [6, 6.07) is 7.70. The van der Waals surface area contributed by atoms with Crippen LogP contribution >= 0.6 is 23.6 Å². The van der Waals surface area contributed by atoms with Gasteiger partial charge in [-0.15, -0.1) is 11.3 Å². The molecule has 0 aliphatic heterocycles. The molecular formula is C10H7NO2S2. The molecule has 0 saturated carbocycles. The molecule has 2 rings (SSSR count). The van der Waals surface area contributed by atoms with E-state index in [1.807, 2.05) is 24.3 Å². The number of thiazole rings is 1. The number of fused-ring (bicyclic) bond motifs is 1. The molecule has 0 amide bonds. The second kappa shape index (κ2) is 3.96. The van der Waals surface area contributed by atoms with Crippen molar-refractivity contribution in [2.45, 2.75) is 0 Å². The molecule has 5 heteroatoms. The van der Waals surface area contributed by atoms with E-state index in [1.54, 1.807) is 4.57 Å². The van der Waals surface area contributed by atoms with E-state index in [2.05, 4.69) is 0 Å². The smallest absolute Gasteiger partial charge is 0.329 e. The summed E-state index contributed by atoms with van der Waals surface area (Å²) >= 11 is 6.61. The monoisotopic (exact) mass is 237 g/mol. The minimum atomic E-state index is -0.979. The molecule has 1 heterocycles. The second-order valence-electron chi connectivity index (χ2n) is 2.86. The fourth-order valence-corrected chi connectivity index (χ4v) is 2.56. The Morgan fingerprint density at radius 1 is 1.47 bits per heavy atom. The number of rotatable bonds is 2. The van der Waals surface area contributed by atoms with Crippen LogP contribution in [0.15, 0.2) is 30.3 Å². The molecule has 76 valence electrons. The van der Waals surface area contributed by atoms with Gasteiger partial charge >= 0.3 is 5.97 Å². The van der Waals surface area contributed by atoms with Crippen LogP contribution in [0.3, 0.4) is 0 Å². The number of aromatic nitrogens is 1. The molecule has 0 spiro atoms. The number of carboxylic acid groups (broad SMARTS) is 1. The van der Waals surface area contributed by atoms with Gasteiger partial charge in [-0.3, -0.25) is 4.57 Å². The van der Waals surface area contributed by atoms with Crippen molar-refractivity contribution in [1.29, 1.82) is 0 Å². The highest BCUT2D eigenvalue weighted by Gasteiger charge is 2.01. The fraction of sp³-hybridized carbons (Fsp3) is 0. The molecule has 0 aliphatic carbocycles. The highest BCUT2D eigenvalue weighted by Crippen LogP contribution is 2.22. The second-order valence-corrected chi connectivity index (χ2v) is 4.54. The standard InChI is InChI=1S/C10H7NO2S2/c12-9(13)5-6-11-7-3-1-2-4-8(7)15-10(11)14/h1-6H,(H,12,13). The van der Waals surface area contributed by atoms with Gasteiger partial charge in [0.1, 0.15) is 0 Å². The van der Waals surface area contributed by atoms with E-state index in [4.69, 9.17) is 17.3 Å². The quantitative estimate of drug-likeness (QED) is 0.645. The van der Waals surface area contributed by atoms with Gasteiger partial charge in [0.05, 0.1) is 10.2 Å². The molecule has 3 nitrogen and oxygen atoms in total. The molecule has 0 aliphatic rings. The highest BCUT2D eigenvalue weighted by atomic mass is 32.1. The predicted octanol–water partition coefficient (Wildman–Crippen LogP) is 2.99. The molecule has 1 aromatic carbocycles. The number of hydrogen-bond acceptors (Lipinski definition) is 3. The van der Waals surface area contributed by atoms with Gasteiger partial charge < -0.3 is 5.11 Å². The first-order valence-corrected chi connectivity index (χ1v) is 5.42. The number of hydrogen-bond donors (Lipinski definition) is 1. The van der Waals surface area contributed by atoms with Crippen LogP contribution in [0.1, 0.15) is 0 Å². The third-order valence-electron chi connectivity index (χ3n) is 1.88. The molecule has 2 aromatic rings. The lowest BCUT2D eigenvalue weighted by atomic mass is 10.3. The van der Waals surface area contributed by atoms with Crippen LogP contribution in [0, 0.1) is 3.95 Å². The summed E-state index contributed by atoms with van der Waals surface area (Å²) in [6.45, 7) is 0. The Hall–Kier alpha value is -1.46. The summed E-state index contributed by atoms with van der Waals surface area (Å²) in [7, 11) is 0. The number of aliphatic carboxylic acids is 1. The largest absolute Gasteiger partial charge is 0.478 e. The first-order chi connectivity index (χ1) is 7.18. The van der Waals surface area contributed by atoms with Crippen molar-refractivity contribution in [2.24, 2.45) is 0 Å². The fourth-order valence-electron chi connectivity index (χ4n) is 1.26. The average molecular weight is 237 g/mol. The summed E-state index contributed by atoms with van der Waals surface area (Å²) in [5, 5.41) is 8.54. The van der Waals surface area contributed by atoms with Crippen molar-refractivity contribution in [3.63, 3.8) is 0 Å². The summed E-state index contributed by atoms with van der Waals surface area (Å²) in [6.07, 6.45) is 2.55. The molecule has 1 aromatic heterocycles. The van der Waals surface area contributed by atoms with Crippen LogP contribution in [0.2, 0.25) is 0 Å². The Kier molecular flexibility index (Phi) is 2.66. The third-order valence-corrected chi connectivity index (χ3v) is 3.27. The van der Waals surface area contributed by atoms with E-state index in [0.29, 0.717) is 3.95 Å². The SMILES string of the molecule is O=C(O)C=Cn1c(=S)sc2ccccc21. The van der Waals surface area contributed by atoms with Gasteiger partial charge in [0.15, 0.2) is 3.95 Å². The zero-order valence-electron chi connectivity index (χ0n) is 7.58. The van der Waals surface area contributed by atoms with Crippen molar-refractivity contribution in [2.75, 3.05) is 0 Å². The predicted molar refractivity (Wildman–Crippen MR) is 63.6 cm³/mol. The average Bonchev–Trinajstić information content (AvgIpc) is 2.50. The Morgan fingerprint density at radius 2 is 2.20 bits per heavy atom.